The molecule has 0 radical (unpaired) electrons. The number of amides is 1. The van der Waals surface area contributed by atoms with Crippen molar-refractivity contribution in [1.29, 1.82) is 0 Å². The molecule has 0 saturated carbocycles. The molecule has 1 unspecified atom stereocenters. The Balaban J connectivity index is 1.77. The number of benzene rings is 2. The third kappa shape index (κ3) is 3.17. The Morgan fingerprint density at radius 3 is 2.82 bits per heavy atom. The van der Waals surface area contributed by atoms with Crippen molar-refractivity contribution in [2.45, 2.75) is 32.4 Å². The molecule has 1 heterocycles. The van der Waals surface area contributed by atoms with Gasteiger partial charge in [0.25, 0.3) is 0 Å². The maximum Gasteiger partial charge on any atom is 0.414 e. The normalized spacial score (nSPS) is 17.0. The number of anilines is 1. The van der Waals surface area contributed by atoms with Crippen molar-refractivity contribution in [2.24, 2.45) is 0 Å². The topological polar surface area (TPSA) is 29.5 Å². The standard InChI is InChI=1S/C18H18BrNO2/c1-13-7-8-15-11-16(19)9-10-17(15)20(13)18(21)22-12-14-5-3-2-4-6-14/h2-6,9-11,13H,7-8,12H2,1H3. The Labute approximate surface area is 139 Å². The molecule has 0 bridgehead atoms. The molecule has 3 nitrogen and oxygen atoms in total. The van der Waals surface area contributed by atoms with E-state index in [1.54, 1.807) is 4.90 Å². The molecular formula is C18H18BrNO2. The van der Waals surface area contributed by atoms with E-state index >= 15 is 0 Å². The number of nitrogens with zero attached hydrogens (tertiary/aromatic N) is 1. The van der Waals surface area contributed by atoms with Crippen LogP contribution in [0.4, 0.5) is 10.5 Å². The van der Waals surface area contributed by atoms with Crippen LogP contribution in [0.5, 0.6) is 0 Å². The van der Waals surface area contributed by atoms with Crippen molar-refractivity contribution in [1.82, 2.24) is 0 Å². The predicted octanol–water partition coefficient (Wildman–Crippen LogP) is 4.93. The molecule has 3 rings (SSSR count). The quantitative estimate of drug-likeness (QED) is 0.760. The van der Waals surface area contributed by atoms with Gasteiger partial charge in [-0.2, -0.15) is 0 Å². The Hall–Kier alpha value is -1.81. The van der Waals surface area contributed by atoms with E-state index in [2.05, 4.69) is 28.9 Å². The van der Waals surface area contributed by atoms with Crippen molar-refractivity contribution in [2.75, 3.05) is 4.90 Å². The van der Waals surface area contributed by atoms with Crippen LogP contribution in [0, 0.1) is 0 Å². The van der Waals surface area contributed by atoms with Crippen LogP contribution >= 0.6 is 15.9 Å². The van der Waals surface area contributed by atoms with Gasteiger partial charge in [-0.25, -0.2) is 4.79 Å². The highest BCUT2D eigenvalue weighted by atomic mass is 79.9. The summed E-state index contributed by atoms with van der Waals surface area (Å²) in [6.45, 7) is 2.36. The molecule has 0 N–H and O–H groups in total. The van der Waals surface area contributed by atoms with Gasteiger partial charge in [0, 0.05) is 10.5 Å². The fourth-order valence-electron chi connectivity index (χ4n) is 2.79. The minimum atomic E-state index is -0.278. The molecule has 1 aliphatic heterocycles. The van der Waals surface area contributed by atoms with Crippen LogP contribution in [0.1, 0.15) is 24.5 Å². The number of halogens is 1. The zero-order valence-corrected chi connectivity index (χ0v) is 14.0. The molecule has 0 spiro atoms. The van der Waals surface area contributed by atoms with E-state index in [0.29, 0.717) is 6.61 Å². The van der Waals surface area contributed by atoms with Crippen LogP contribution in [0.15, 0.2) is 53.0 Å². The summed E-state index contributed by atoms with van der Waals surface area (Å²) in [5.74, 6) is 0. The molecule has 2 aromatic rings. The predicted molar refractivity (Wildman–Crippen MR) is 91.0 cm³/mol. The number of fused-ring (bicyclic) bond motifs is 1. The monoisotopic (exact) mass is 359 g/mol. The smallest absolute Gasteiger partial charge is 0.414 e. The second kappa shape index (κ2) is 6.53. The van der Waals surface area contributed by atoms with Gasteiger partial charge < -0.3 is 4.74 Å². The van der Waals surface area contributed by atoms with Crippen LogP contribution in [0.2, 0.25) is 0 Å². The molecule has 1 aliphatic rings. The lowest BCUT2D eigenvalue weighted by Gasteiger charge is -2.34. The van der Waals surface area contributed by atoms with Gasteiger partial charge in [-0.15, -0.1) is 0 Å². The summed E-state index contributed by atoms with van der Waals surface area (Å²) in [7, 11) is 0. The minimum Gasteiger partial charge on any atom is -0.444 e. The lowest BCUT2D eigenvalue weighted by molar-refractivity contribution is 0.144. The summed E-state index contributed by atoms with van der Waals surface area (Å²) in [5, 5.41) is 0. The SMILES string of the molecule is CC1CCc2cc(Br)ccc2N1C(=O)OCc1ccccc1. The Morgan fingerprint density at radius 2 is 2.05 bits per heavy atom. The summed E-state index contributed by atoms with van der Waals surface area (Å²) in [6, 6.07) is 15.9. The van der Waals surface area contributed by atoms with Gasteiger partial charge in [-0.1, -0.05) is 46.3 Å². The van der Waals surface area contributed by atoms with E-state index in [-0.39, 0.29) is 12.1 Å². The average Bonchev–Trinajstić information content (AvgIpc) is 2.54. The molecular weight excluding hydrogens is 342 g/mol. The van der Waals surface area contributed by atoms with Gasteiger partial charge in [0.1, 0.15) is 6.61 Å². The summed E-state index contributed by atoms with van der Waals surface area (Å²) < 4.78 is 6.54. The van der Waals surface area contributed by atoms with Gasteiger partial charge >= 0.3 is 6.09 Å². The average molecular weight is 360 g/mol. The third-order valence-electron chi connectivity index (χ3n) is 3.98. The number of ether oxygens (including phenoxy) is 1. The van der Waals surface area contributed by atoms with Gasteiger partial charge in [0.2, 0.25) is 0 Å². The highest BCUT2D eigenvalue weighted by Crippen LogP contribution is 2.33. The Bertz CT molecular complexity index is 672. The largest absolute Gasteiger partial charge is 0.444 e. The lowest BCUT2D eigenvalue weighted by atomic mass is 9.97. The third-order valence-corrected chi connectivity index (χ3v) is 4.47. The number of carbonyl (C=O) groups excluding carboxylic acids is 1. The van der Waals surface area contributed by atoms with E-state index in [1.165, 1.54) is 5.56 Å². The fourth-order valence-corrected chi connectivity index (χ4v) is 3.20. The number of hydrogen-bond donors (Lipinski definition) is 0. The molecule has 22 heavy (non-hydrogen) atoms. The van der Waals surface area contributed by atoms with Crippen molar-refractivity contribution in [3.63, 3.8) is 0 Å². The second-order valence-electron chi connectivity index (χ2n) is 5.57. The van der Waals surface area contributed by atoms with E-state index in [4.69, 9.17) is 4.74 Å². The van der Waals surface area contributed by atoms with Crippen LogP contribution < -0.4 is 4.90 Å². The van der Waals surface area contributed by atoms with Gasteiger partial charge in [-0.05, 0) is 49.1 Å². The molecule has 0 aromatic heterocycles. The zero-order chi connectivity index (χ0) is 15.5. The highest BCUT2D eigenvalue weighted by Gasteiger charge is 2.29. The van der Waals surface area contributed by atoms with Crippen LogP contribution in [0.25, 0.3) is 0 Å². The van der Waals surface area contributed by atoms with Gasteiger partial charge in [0.15, 0.2) is 0 Å². The van der Waals surface area contributed by atoms with Crippen LogP contribution in [-0.2, 0) is 17.8 Å². The fraction of sp³-hybridized carbons (Fsp3) is 0.278. The molecule has 0 fully saturated rings. The second-order valence-corrected chi connectivity index (χ2v) is 6.49. The zero-order valence-electron chi connectivity index (χ0n) is 12.5. The number of rotatable bonds is 2. The van der Waals surface area contributed by atoms with E-state index in [9.17, 15) is 4.79 Å². The number of aryl methyl sites for hydroxylation is 1. The van der Waals surface area contributed by atoms with E-state index in [0.717, 1.165) is 28.6 Å². The molecule has 114 valence electrons. The first-order chi connectivity index (χ1) is 10.6. The van der Waals surface area contributed by atoms with Crippen molar-refractivity contribution in [3.8, 4) is 0 Å². The number of carbonyl (C=O) groups is 1. The summed E-state index contributed by atoms with van der Waals surface area (Å²) in [6.07, 6.45) is 1.65. The number of hydrogen-bond acceptors (Lipinski definition) is 2. The van der Waals surface area contributed by atoms with Crippen molar-refractivity contribution in [3.05, 3.63) is 64.1 Å². The van der Waals surface area contributed by atoms with Crippen molar-refractivity contribution >= 4 is 27.7 Å². The van der Waals surface area contributed by atoms with Gasteiger partial charge in [-0.3, -0.25) is 4.90 Å². The van der Waals surface area contributed by atoms with Crippen LogP contribution in [-0.4, -0.2) is 12.1 Å². The molecule has 1 atom stereocenters. The van der Waals surface area contributed by atoms with E-state index in [1.807, 2.05) is 42.5 Å². The lowest BCUT2D eigenvalue weighted by Crippen LogP contribution is -2.42. The summed E-state index contributed by atoms with van der Waals surface area (Å²) in [4.78, 5) is 14.3. The first kappa shape index (κ1) is 15.1. The molecule has 1 amide bonds. The highest BCUT2D eigenvalue weighted by molar-refractivity contribution is 9.10. The Morgan fingerprint density at radius 1 is 1.27 bits per heavy atom. The van der Waals surface area contributed by atoms with E-state index < -0.39 is 0 Å². The molecule has 4 heteroatoms. The van der Waals surface area contributed by atoms with Crippen molar-refractivity contribution < 1.29 is 9.53 Å². The first-order valence-corrected chi connectivity index (χ1v) is 8.23. The van der Waals surface area contributed by atoms with Crippen LogP contribution in [0.3, 0.4) is 0 Å². The summed E-state index contributed by atoms with van der Waals surface area (Å²) >= 11 is 3.49. The maximum atomic E-state index is 12.5. The Kier molecular flexibility index (Phi) is 4.48. The minimum absolute atomic E-state index is 0.150. The summed E-state index contributed by atoms with van der Waals surface area (Å²) in [5.41, 5.74) is 3.14. The van der Waals surface area contributed by atoms with Gasteiger partial charge in [0.05, 0.1) is 5.69 Å². The molecule has 2 aromatic carbocycles. The maximum absolute atomic E-state index is 12.5. The first-order valence-electron chi connectivity index (χ1n) is 7.43. The molecule has 0 saturated heterocycles. The molecule has 0 aliphatic carbocycles.